The zero-order chi connectivity index (χ0) is 17.7. The Morgan fingerprint density at radius 2 is 1.96 bits per heavy atom. The third kappa shape index (κ3) is 3.45. The minimum Gasteiger partial charge on any atom is -0.398 e. The molecule has 0 aliphatic carbocycles. The van der Waals surface area contributed by atoms with Gasteiger partial charge in [0, 0.05) is 31.5 Å². The van der Waals surface area contributed by atoms with E-state index >= 15 is 0 Å². The molecule has 0 saturated heterocycles. The molecular formula is C19H27N3O2. The van der Waals surface area contributed by atoms with Crippen LogP contribution in [0, 0.1) is 0 Å². The molecule has 1 amide bonds. The summed E-state index contributed by atoms with van der Waals surface area (Å²) in [6, 6.07) is 5.43. The van der Waals surface area contributed by atoms with E-state index in [1.807, 2.05) is 23.6 Å². The molecule has 5 nitrogen and oxygen atoms in total. The lowest BCUT2D eigenvalue weighted by molar-refractivity contribution is 0.0760. The Kier molecular flexibility index (Phi) is 6.01. The summed E-state index contributed by atoms with van der Waals surface area (Å²) >= 11 is 0. The number of carbonyl (C=O) groups is 1. The molecule has 2 rings (SSSR count). The first-order valence-electron chi connectivity index (χ1n) is 8.76. The summed E-state index contributed by atoms with van der Waals surface area (Å²) in [5, 5.41) is 0.448. The highest BCUT2D eigenvalue weighted by Crippen LogP contribution is 2.19. The van der Waals surface area contributed by atoms with Gasteiger partial charge in [0.15, 0.2) is 0 Å². The van der Waals surface area contributed by atoms with E-state index in [4.69, 9.17) is 5.73 Å². The first-order chi connectivity index (χ1) is 11.5. The number of aryl methyl sites for hydroxylation is 1. The molecule has 0 atom stereocenters. The maximum atomic E-state index is 12.9. The monoisotopic (exact) mass is 329 g/mol. The van der Waals surface area contributed by atoms with Crippen molar-refractivity contribution >= 4 is 22.5 Å². The van der Waals surface area contributed by atoms with Gasteiger partial charge in [0.25, 0.3) is 5.91 Å². The third-order valence-corrected chi connectivity index (χ3v) is 4.29. The fourth-order valence-corrected chi connectivity index (χ4v) is 2.96. The number of pyridine rings is 1. The molecule has 1 heterocycles. The molecule has 2 N–H and O–H groups in total. The maximum Gasteiger partial charge on any atom is 0.259 e. The van der Waals surface area contributed by atoms with Crippen molar-refractivity contribution in [1.82, 2.24) is 9.47 Å². The lowest BCUT2D eigenvalue weighted by Gasteiger charge is -2.21. The van der Waals surface area contributed by atoms with E-state index in [9.17, 15) is 9.59 Å². The van der Waals surface area contributed by atoms with Crippen LogP contribution in [-0.2, 0) is 6.54 Å². The Hall–Kier alpha value is -2.30. The summed E-state index contributed by atoms with van der Waals surface area (Å²) in [7, 11) is 0. The van der Waals surface area contributed by atoms with E-state index in [1.54, 1.807) is 17.2 Å². The molecule has 0 bridgehead atoms. The minimum atomic E-state index is -0.268. The largest absolute Gasteiger partial charge is 0.398 e. The van der Waals surface area contributed by atoms with E-state index in [2.05, 4.69) is 13.8 Å². The fraction of sp³-hybridized carbons (Fsp3) is 0.474. The molecular weight excluding hydrogens is 302 g/mol. The van der Waals surface area contributed by atoms with E-state index in [1.165, 1.54) is 0 Å². The lowest BCUT2D eigenvalue weighted by Crippen LogP contribution is -2.35. The minimum absolute atomic E-state index is 0.203. The average Bonchev–Trinajstić information content (AvgIpc) is 2.58. The smallest absolute Gasteiger partial charge is 0.259 e. The highest BCUT2D eigenvalue weighted by Gasteiger charge is 2.20. The van der Waals surface area contributed by atoms with Crippen molar-refractivity contribution in [1.29, 1.82) is 0 Å². The van der Waals surface area contributed by atoms with E-state index in [0.717, 1.165) is 31.3 Å². The molecule has 24 heavy (non-hydrogen) atoms. The number of nitrogens with zero attached hydrogens (tertiary/aromatic N) is 2. The quantitative estimate of drug-likeness (QED) is 0.793. The second-order valence-corrected chi connectivity index (χ2v) is 6.05. The molecule has 0 unspecified atom stereocenters. The Balaban J connectivity index is 2.61. The molecule has 0 saturated carbocycles. The summed E-state index contributed by atoms with van der Waals surface area (Å²) in [4.78, 5) is 27.5. The Bertz CT molecular complexity index is 780. The van der Waals surface area contributed by atoms with Gasteiger partial charge in [-0.25, -0.2) is 0 Å². The van der Waals surface area contributed by atoms with Crippen molar-refractivity contribution in [2.24, 2.45) is 0 Å². The number of benzene rings is 1. The standard InChI is InChI=1S/C19H27N3O2/c1-4-7-12-21(6-3)19(24)14-13-22(11-5-2)16-10-8-9-15(20)17(16)18(14)23/h8-10,13H,4-7,11-12,20H2,1-3H3. The summed E-state index contributed by atoms with van der Waals surface area (Å²) < 4.78 is 1.97. The van der Waals surface area contributed by atoms with Crippen LogP contribution in [0.1, 0.15) is 50.4 Å². The number of aromatic nitrogens is 1. The van der Waals surface area contributed by atoms with Crippen LogP contribution in [0.15, 0.2) is 29.2 Å². The van der Waals surface area contributed by atoms with Crippen molar-refractivity contribution in [2.45, 2.75) is 46.6 Å². The van der Waals surface area contributed by atoms with Crippen LogP contribution in [0.2, 0.25) is 0 Å². The van der Waals surface area contributed by atoms with Crippen LogP contribution in [0.25, 0.3) is 10.9 Å². The molecule has 5 heteroatoms. The van der Waals surface area contributed by atoms with Crippen LogP contribution in [0.5, 0.6) is 0 Å². The molecule has 130 valence electrons. The number of fused-ring (bicyclic) bond motifs is 1. The Labute approximate surface area is 143 Å². The summed E-state index contributed by atoms with van der Waals surface area (Å²) in [6.07, 6.45) is 4.55. The van der Waals surface area contributed by atoms with Gasteiger partial charge in [-0.3, -0.25) is 9.59 Å². The molecule has 0 radical (unpaired) electrons. The number of rotatable bonds is 7. The van der Waals surface area contributed by atoms with Gasteiger partial charge < -0.3 is 15.2 Å². The Morgan fingerprint density at radius 1 is 1.21 bits per heavy atom. The SMILES string of the molecule is CCCCN(CC)C(=O)c1cn(CCC)c2cccc(N)c2c1=O. The van der Waals surface area contributed by atoms with Crippen LogP contribution in [0.4, 0.5) is 5.69 Å². The molecule has 2 aromatic rings. The van der Waals surface area contributed by atoms with E-state index in [-0.39, 0.29) is 16.9 Å². The van der Waals surface area contributed by atoms with Crippen molar-refractivity contribution < 1.29 is 4.79 Å². The van der Waals surface area contributed by atoms with Crippen molar-refractivity contribution in [2.75, 3.05) is 18.8 Å². The van der Waals surface area contributed by atoms with Gasteiger partial charge in [-0.2, -0.15) is 0 Å². The van der Waals surface area contributed by atoms with Gasteiger partial charge in [-0.15, -0.1) is 0 Å². The second kappa shape index (κ2) is 7.99. The Morgan fingerprint density at radius 3 is 2.58 bits per heavy atom. The summed E-state index contributed by atoms with van der Waals surface area (Å²) in [6.45, 7) is 8.09. The highest BCUT2D eigenvalue weighted by atomic mass is 16.2. The van der Waals surface area contributed by atoms with Crippen molar-refractivity contribution in [3.8, 4) is 0 Å². The average molecular weight is 329 g/mol. The maximum absolute atomic E-state index is 12.9. The van der Waals surface area contributed by atoms with Crippen molar-refractivity contribution in [3.63, 3.8) is 0 Å². The number of hydrogen-bond donors (Lipinski definition) is 1. The number of anilines is 1. The topological polar surface area (TPSA) is 68.3 Å². The third-order valence-electron chi connectivity index (χ3n) is 4.29. The summed E-state index contributed by atoms with van der Waals surface area (Å²) in [5.41, 5.74) is 7.20. The number of nitrogens with two attached hydrogens (primary N) is 1. The highest BCUT2D eigenvalue weighted by molar-refractivity contribution is 6.00. The van der Waals surface area contributed by atoms with Crippen LogP contribution in [0.3, 0.4) is 0 Å². The molecule has 0 spiro atoms. The number of nitrogen functional groups attached to an aromatic ring is 1. The predicted octanol–water partition coefficient (Wildman–Crippen LogP) is 3.26. The van der Waals surface area contributed by atoms with Gasteiger partial charge >= 0.3 is 0 Å². The van der Waals surface area contributed by atoms with Gasteiger partial charge in [0.1, 0.15) is 5.56 Å². The molecule has 0 aliphatic rings. The number of amides is 1. The van der Waals surface area contributed by atoms with E-state index in [0.29, 0.717) is 24.2 Å². The zero-order valence-corrected chi connectivity index (χ0v) is 14.8. The molecule has 1 aromatic heterocycles. The predicted molar refractivity (Wildman–Crippen MR) is 99.4 cm³/mol. The normalized spacial score (nSPS) is 11.0. The number of carbonyl (C=O) groups excluding carboxylic acids is 1. The van der Waals surface area contributed by atoms with Crippen molar-refractivity contribution in [3.05, 3.63) is 40.2 Å². The van der Waals surface area contributed by atoms with Gasteiger partial charge in [0.2, 0.25) is 5.43 Å². The van der Waals surface area contributed by atoms with Gasteiger partial charge in [-0.1, -0.05) is 26.3 Å². The first kappa shape index (κ1) is 18.0. The van der Waals surface area contributed by atoms with Crippen LogP contribution >= 0.6 is 0 Å². The fourth-order valence-electron chi connectivity index (χ4n) is 2.96. The molecule has 0 fully saturated rings. The van der Waals surface area contributed by atoms with Crippen LogP contribution < -0.4 is 11.2 Å². The lowest BCUT2D eigenvalue weighted by atomic mass is 10.1. The van der Waals surface area contributed by atoms with Gasteiger partial charge in [-0.05, 0) is 31.9 Å². The first-order valence-corrected chi connectivity index (χ1v) is 8.76. The van der Waals surface area contributed by atoms with Gasteiger partial charge in [0.05, 0.1) is 10.9 Å². The second-order valence-electron chi connectivity index (χ2n) is 6.05. The molecule has 0 aliphatic heterocycles. The number of hydrogen-bond acceptors (Lipinski definition) is 3. The molecule has 1 aromatic carbocycles. The van der Waals surface area contributed by atoms with Crippen LogP contribution in [-0.4, -0.2) is 28.5 Å². The van der Waals surface area contributed by atoms with E-state index < -0.39 is 0 Å². The summed E-state index contributed by atoms with van der Waals surface area (Å²) in [5.74, 6) is -0.203. The number of unbranched alkanes of at least 4 members (excludes halogenated alkanes) is 1. The zero-order valence-electron chi connectivity index (χ0n) is 14.8.